The zero-order chi connectivity index (χ0) is 15.8. The number of rotatable bonds is 7. The zero-order valence-corrected chi connectivity index (χ0v) is 12.7. The van der Waals surface area contributed by atoms with Gasteiger partial charge in [0.1, 0.15) is 12.3 Å². The molecule has 21 heavy (non-hydrogen) atoms. The molecule has 1 amide bonds. The number of nitrogens with zero attached hydrogens (tertiary/aromatic N) is 1. The van der Waals surface area contributed by atoms with Crippen LogP contribution in [0, 0.1) is 0 Å². The first-order valence-corrected chi connectivity index (χ1v) is 7.00. The molecular weight excluding hydrogens is 272 g/mol. The number of ether oxygens (including phenoxy) is 2. The summed E-state index contributed by atoms with van der Waals surface area (Å²) in [6.07, 6.45) is 0. The van der Waals surface area contributed by atoms with E-state index < -0.39 is 5.97 Å². The fourth-order valence-corrected chi connectivity index (χ4v) is 1.87. The third-order valence-corrected chi connectivity index (χ3v) is 2.78. The molecule has 1 rings (SSSR count). The molecule has 116 valence electrons. The second-order valence-corrected chi connectivity index (χ2v) is 4.35. The van der Waals surface area contributed by atoms with E-state index in [4.69, 9.17) is 15.2 Å². The Balaban J connectivity index is 2.91. The first-order valence-electron chi connectivity index (χ1n) is 7.00. The van der Waals surface area contributed by atoms with Crippen LogP contribution in [-0.4, -0.2) is 43.1 Å². The molecule has 0 aliphatic carbocycles. The van der Waals surface area contributed by atoms with E-state index in [-0.39, 0.29) is 19.1 Å². The Labute approximate surface area is 124 Å². The van der Waals surface area contributed by atoms with Crippen LogP contribution in [0.15, 0.2) is 18.2 Å². The highest BCUT2D eigenvalue weighted by Crippen LogP contribution is 2.20. The third-order valence-electron chi connectivity index (χ3n) is 2.78. The maximum atomic E-state index is 12.4. The highest BCUT2D eigenvalue weighted by Gasteiger charge is 2.19. The van der Waals surface area contributed by atoms with Crippen molar-refractivity contribution >= 4 is 17.6 Å². The van der Waals surface area contributed by atoms with Crippen LogP contribution in [-0.2, 0) is 9.53 Å². The number of carbonyl (C=O) groups is 2. The van der Waals surface area contributed by atoms with E-state index in [1.807, 2.05) is 6.92 Å². The second-order valence-electron chi connectivity index (χ2n) is 4.35. The van der Waals surface area contributed by atoms with E-state index in [0.717, 1.165) is 0 Å². The Hall–Kier alpha value is -2.24. The largest absolute Gasteiger partial charge is 0.494 e. The molecule has 6 heteroatoms. The van der Waals surface area contributed by atoms with Gasteiger partial charge in [0.25, 0.3) is 5.91 Å². The Morgan fingerprint density at radius 2 is 1.86 bits per heavy atom. The molecule has 0 unspecified atom stereocenters. The van der Waals surface area contributed by atoms with Crippen molar-refractivity contribution in [1.29, 1.82) is 0 Å². The summed E-state index contributed by atoms with van der Waals surface area (Å²) in [6.45, 7) is 6.46. The number of anilines is 1. The Kier molecular flexibility index (Phi) is 6.52. The van der Waals surface area contributed by atoms with Crippen molar-refractivity contribution in [2.45, 2.75) is 20.8 Å². The van der Waals surface area contributed by atoms with Gasteiger partial charge in [0, 0.05) is 23.9 Å². The number of esters is 1. The molecule has 1 aromatic carbocycles. The van der Waals surface area contributed by atoms with Crippen LogP contribution < -0.4 is 10.5 Å². The van der Waals surface area contributed by atoms with Gasteiger partial charge in [-0.15, -0.1) is 0 Å². The molecule has 0 bridgehead atoms. The summed E-state index contributed by atoms with van der Waals surface area (Å²) in [4.78, 5) is 25.4. The fraction of sp³-hybridized carbons (Fsp3) is 0.467. The average Bonchev–Trinajstić information content (AvgIpc) is 2.44. The zero-order valence-electron chi connectivity index (χ0n) is 12.7. The molecule has 0 spiro atoms. The maximum Gasteiger partial charge on any atom is 0.325 e. The van der Waals surface area contributed by atoms with Crippen molar-refractivity contribution in [3.8, 4) is 5.75 Å². The summed E-state index contributed by atoms with van der Waals surface area (Å²) in [6, 6.07) is 4.84. The van der Waals surface area contributed by atoms with Gasteiger partial charge in [-0.05, 0) is 32.9 Å². The standard InChI is InChI=1S/C15H22N2O4/c1-4-17(10-14(18)21-6-3)15(19)11-7-12(16)9-13(8-11)20-5-2/h7-9H,4-6,10,16H2,1-3H3. The number of nitrogen functional groups attached to an aromatic ring is 1. The summed E-state index contributed by atoms with van der Waals surface area (Å²) in [5.41, 5.74) is 6.61. The summed E-state index contributed by atoms with van der Waals surface area (Å²) >= 11 is 0. The molecule has 0 radical (unpaired) electrons. The Bertz CT molecular complexity index is 502. The lowest BCUT2D eigenvalue weighted by Crippen LogP contribution is -2.36. The number of likely N-dealkylation sites (N-methyl/N-ethyl adjacent to an activating group) is 1. The van der Waals surface area contributed by atoms with Gasteiger partial charge in [0.15, 0.2) is 0 Å². The van der Waals surface area contributed by atoms with Crippen molar-refractivity contribution in [2.24, 2.45) is 0 Å². The number of hydrogen-bond donors (Lipinski definition) is 1. The van der Waals surface area contributed by atoms with Crippen LogP contribution in [0.5, 0.6) is 5.75 Å². The lowest BCUT2D eigenvalue weighted by Gasteiger charge is -2.20. The molecule has 0 aliphatic rings. The van der Waals surface area contributed by atoms with Crippen molar-refractivity contribution in [2.75, 3.05) is 32.0 Å². The molecule has 0 fully saturated rings. The van der Waals surface area contributed by atoms with Gasteiger partial charge in [-0.25, -0.2) is 0 Å². The molecule has 0 heterocycles. The van der Waals surface area contributed by atoms with Gasteiger partial charge in [0.2, 0.25) is 0 Å². The summed E-state index contributed by atoms with van der Waals surface area (Å²) in [7, 11) is 0. The first kappa shape index (κ1) is 16.8. The van der Waals surface area contributed by atoms with Gasteiger partial charge in [-0.3, -0.25) is 9.59 Å². The normalized spacial score (nSPS) is 10.0. The quantitative estimate of drug-likeness (QED) is 0.611. The number of benzene rings is 1. The van der Waals surface area contributed by atoms with Gasteiger partial charge in [-0.1, -0.05) is 0 Å². The molecule has 1 aromatic rings. The summed E-state index contributed by atoms with van der Waals surface area (Å²) in [5, 5.41) is 0. The monoisotopic (exact) mass is 294 g/mol. The van der Waals surface area contributed by atoms with E-state index in [1.54, 1.807) is 32.0 Å². The second kappa shape index (κ2) is 8.14. The van der Waals surface area contributed by atoms with Crippen LogP contribution in [0.3, 0.4) is 0 Å². The van der Waals surface area contributed by atoms with E-state index >= 15 is 0 Å². The topological polar surface area (TPSA) is 81.9 Å². The summed E-state index contributed by atoms with van der Waals surface area (Å²) < 4.78 is 10.2. The SMILES string of the molecule is CCOC(=O)CN(CC)C(=O)c1cc(N)cc(OCC)c1. The van der Waals surface area contributed by atoms with Crippen LogP contribution in [0.2, 0.25) is 0 Å². The minimum atomic E-state index is -0.429. The van der Waals surface area contributed by atoms with E-state index in [9.17, 15) is 9.59 Å². The lowest BCUT2D eigenvalue weighted by molar-refractivity contribution is -0.143. The van der Waals surface area contributed by atoms with Crippen LogP contribution >= 0.6 is 0 Å². The molecule has 0 atom stereocenters. The number of carbonyl (C=O) groups excluding carboxylic acids is 2. The maximum absolute atomic E-state index is 12.4. The van der Waals surface area contributed by atoms with Crippen LogP contribution in [0.4, 0.5) is 5.69 Å². The number of nitrogens with two attached hydrogens (primary N) is 1. The Morgan fingerprint density at radius 1 is 1.14 bits per heavy atom. The highest BCUT2D eigenvalue weighted by atomic mass is 16.5. The van der Waals surface area contributed by atoms with Crippen LogP contribution in [0.25, 0.3) is 0 Å². The van der Waals surface area contributed by atoms with E-state index in [2.05, 4.69) is 0 Å². The van der Waals surface area contributed by atoms with E-state index in [0.29, 0.717) is 30.2 Å². The highest BCUT2D eigenvalue weighted by molar-refractivity contribution is 5.97. The van der Waals surface area contributed by atoms with Crippen molar-refractivity contribution in [3.63, 3.8) is 0 Å². The third kappa shape index (κ3) is 4.98. The predicted octanol–water partition coefficient (Wildman–Crippen LogP) is 1.69. The van der Waals surface area contributed by atoms with E-state index in [1.165, 1.54) is 4.90 Å². The Morgan fingerprint density at radius 3 is 2.43 bits per heavy atom. The molecule has 0 saturated carbocycles. The van der Waals surface area contributed by atoms with Gasteiger partial charge >= 0.3 is 5.97 Å². The van der Waals surface area contributed by atoms with Crippen molar-refractivity contribution in [1.82, 2.24) is 4.90 Å². The minimum absolute atomic E-state index is 0.0814. The number of amides is 1. The molecule has 0 aromatic heterocycles. The van der Waals surface area contributed by atoms with Gasteiger partial charge in [-0.2, -0.15) is 0 Å². The number of hydrogen-bond acceptors (Lipinski definition) is 5. The molecule has 0 aliphatic heterocycles. The first-order chi connectivity index (χ1) is 10.0. The lowest BCUT2D eigenvalue weighted by atomic mass is 10.1. The van der Waals surface area contributed by atoms with Crippen LogP contribution in [0.1, 0.15) is 31.1 Å². The van der Waals surface area contributed by atoms with Gasteiger partial charge in [0.05, 0.1) is 13.2 Å². The molecular formula is C15H22N2O4. The smallest absolute Gasteiger partial charge is 0.325 e. The van der Waals surface area contributed by atoms with Crippen molar-refractivity contribution < 1.29 is 19.1 Å². The molecule has 2 N–H and O–H groups in total. The molecule has 6 nitrogen and oxygen atoms in total. The van der Waals surface area contributed by atoms with Gasteiger partial charge < -0.3 is 20.1 Å². The van der Waals surface area contributed by atoms with Crippen molar-refractivity contribution in [3.05, 3.63) is 23.8 Å². The fourth-order valence-electron chi connectivity index (χ4n) is 1.87. The molecule has 0 saturated heterocycles. The predicted molar refractivity (Wildman–Crippen MR) is 80.2 cm³/mol. The minimum Gasteiger partial charge on any atom is -0.494 e. The average molecular weight is 294 g/mol. The summed E-state index contributed by atoms with van der Waals surface area (Å²) in [5.74, 6) is -0.173.